The number of carbonyl (C=O) groups excluding carboxylic acids is 2. The summed E-state index contributed by atoms with van der Waals surface area (Å²) in [6.45, 7) is 7.77. The van der Waals surface area contributed by atoms with Gasteiger partial charge in [-0.15, -0.1) is 0 Å². The second kappa shape index (κ2) is 11.7. The molecule has 4 heterocycles. The number of nitrogens with zero attached hydrogens (tertiary/aromatic N) is 1. The Bertz CT molecular complexity index is 1030. The highest BCUT2D eigenvalue weighted by atomic mass is 35.5. The van der Waals surface area contributed by atoms with E-state index >= 15 is 0 Å². The highest BCUT2D eigenvalue weighted by molar-refractivity contribution is 6.32. The molecule has 9 heteroatoms. The number of halogens is 1. The molecule has 0 radical (unpaired) electrons. The van der Waals surface area contributed by atoms with Crippen LogP contribution >= 0.6 is 11.6 Å². The average Bonchev–Trinajstić information content (AvgIpc) is 3.79. The van der Waals surface area contributed by atoms with Crippen LogP contribution in [0.3, 0.4) is 0 Å². The zero-order valence-electron chi connectivity index (χ0n) is 22.6. The van der Waals surface area contributed by atoms with Crippen molar-refractivity contribution in [2.24, 2.45) is 17.3 Å². The summed E-state index contributed by atoms with van der Waals surface area (Å²) in [5, 5.41) is 22.6. The maximum absolute atomic E-state index is 13.7. The van der Waals surface area contributed by atoms with Gasteiger partial charge in [-0.25, -0.2) is 0 Å². The van der Waals surface area contributed by atoms with E-state index in [2.05, 4.69) is 4.98 Å². The lowest BCUT2D eigenvalue weighted by atomic mass is 9.71. The molecule has 3 aliphatic rings. The van der Waals surface area contributed by atoms with Crippen LogP contribution in [0.25, 0.3) is 6.08 Å². The monoisotopic (exact) mass is 549 g/mol. The first-order chi connectivity index (χ1) is 17.9. The van der Waals surface area contributed by atoms with Gasteiger partial charge in [0.2, 0.25) is 0 Å². The van der Waals surface area contributed by atoms with Gasteiger partial charge in [-0.3, -0.25) is 14.6 Å². The quantitative estimate of drug-likeness (QED) is 0.426. The molecule has 8 atom stereocenters. The molecular weight excluding hydrogens is 510 g/mol. The van der Waals surface area contributed by atoms with Crippen molar-refractivity contribution in [1.82, 2.24) is 4.98 Å². The van der Waals surface area contributed by atoms with Crippen LogP contribution in [0.1, 0.15) is 71.9 Å². The molecule has 3 fully saturated rings. The summed E-state index contributed by atoms with van der Waals surface area (Å²) in [6, 6.07) is 5.44. The topological polar surface area (TPSA) is 122 Å². The third kappa shape index (κ3) is 7.02. The fourth-order valence-electron chi connectivity index (χ4n) is 5.41. The van der Waals surface area contributed by atoms with Crippen molar-refractivity contribution in [2.75, 3.05) is 6.61 Å². The minimum atomic E-state index is -1.30. The van der Waals surface area contributed by atoms with Crippen molar-refractivity contribution in [3.05, 3.63) is 35.1 Å². The fraction of sp³-hybridized carbons (Fsp3) is 0.690. The Hall–Kier alpha value is -1.84. The molecule has 3 aliphatic heterocycles. The van der Waals surface area contributed by atoms with Gasteiger partial charge in [-0.05, 0) is 50.3 Å². The van der Waals surface area contributed by atoms with Crippen molar-refractivity contribution in [3.63, 3.8) is 0 Å². The van der Waals surface area contributed by atoms with Crippen LogP contribution in [0, 0.1) is 17.3 Å². The van der Waals surface area contributed by atoms with Crippen molar-refractivity contribution >= 4 is 29.4 Å². The summed E-state index contributed by atoms with van der Waals surface area (Å²) in [7, 11) is 0. The van der Waals surface area contributed by atoms with E-state index in [1.165, 1.54) is 0 Å². The van der Waals surface area contributed by atoms with Gasteiger partial charge >= 0.3 is 5.97 Å². The zero-order chi connectivity index (χ0) is 27.7. The molecule has 3 unspecified atom stereocenters. The van der Waals surface area contributed by atoms with E-state index in [1.54, 1.807) is 38.3 Å². The Morgan fingerprint density at radius 3 is 2.63 bits per heavy atom. The number of epoxide rings is 2. The smallest absolute Gasteiger partial charge is 0.309 e. The number of pyridine rings is 1. The van der Waals surface area contributed by atoms with Gasteiger partial charge in [0, 0.05) is 18.5 Å². The van der Waals surface area contributed by atoms with E-state index in [0.717, 1.165) is 19.3 Å². The Morgan fingerprint density at radius 2 is 1.97 bits per heavy atom. The molecule has 2 N–H and O–H groups in total. The molecule has 1 aromatic rings. The molecule has 0 saturated carbocycles. The molecule has 0 aromatic carbocycles. The largest absolute Gasteiger partial charge is 0.456 e. The van der Waals surface area contributed by atoms with Gasteiger partial charge in [-0.1, -0.05) is 44.9 Å². The number of ether oxygens (including phenoxy) is 3. The van der Waals surface area contributed by atoms with Crippen LogP contribution in [0.2, 0.25) is 0 Å². The summed E-state index contributed by atoms with van der Waals surface area (Å²) in [6.07, 6.45) is 2.81. The molecule has 0 aliphatic carbocycles. The standard InChI is InChI=1S/C29H40ClNO7/c1-17-8-7-10-29(4)24(38-29)14-22(21(30)12-18-9-5-6-11-31-18)37-25(33)15-23(32)28(2,3)27(35)20(26(17)34)13-19-16-36-19/h5-6,9,11-12,17,19-20,22-24,26,32,34H,7-8,10,13-16H2,1-4H3/t17-,19?,20+,22-,23-,24?,26+,29?/m0/s1. The maximum Gasteiger partial charge on any atom is 0.309 e. The molecular formula is C29H40ClNO7. The van der Waals surface area contributed by atoms with E-state index in [1.807, 2.05) is 19.9 Å². The first-order valence-electron chi connectivity index (χ1n) is 13.6. The Labute approximate surface area is 229 Å². The Balaban J connectivity index is 1.58. The van der Waals surface area contributed by atoms with Crippen LogP contribution in [-0.2, 0) is 23.8 Å². The normalized spacial score (nSPS) is 38.7. The molecule has 8 nitrogen and oxygen atoms in total. The average molecular weight is 550 g/mol. The fourth-order valence-corrected chi connectivity index (χ4v) is 5.65. The van der Waals surface area contributed by atoms with Crippen LogP contribution in [0.15, 0.2) is 29.4 Å². The van der Waals surface area contributed by atoms with Crippen LogP contribution in [0.5, 0.6) is 0 Å². The molecule has 0 spiro atoms. The number of cyclic esters (lactones) is 1. The molecule has 1 aromatic heterocycles. The van der Waals surface area contributed by atoms with E-state index in [-0.39, 0.29) is 35.9 Å². The second-order valence-electron chi connectivity index (χ2n) is 11.9. The lowest BCUT2D eigenvalue weighted by Gasteiger charge is -2.36. The number of hydrogen-bond acceptors (Lipinski definition) is 8. The van der Waals surface area contributed by atoms with Gasteiger partial charge in [0.1, 0.15) is 11.9 Å². The number of esters is 1. The second-order valence-corrected chi connectivity index (χ2v) is 12.3. The van der Waals surface area contributed by atoms with Gasteiger partial charge in [-0.2, -0.15) is 0 Å². The maximum atomic E-state index is 13.7. The van der Waals surface area contributed by atoms with Gasteiger partial charge in [0.15, 0.2) is 0 Å². The zero-order valence-corrected chi connectivity index (χ0v) is 23.4. The Morgan fingerprint density at radius 1 is 1.24 bits per heavy atom. The number of fused-ring (bicyclic) bond motifs is 1. The summed E-state index contributed by atoms with van der Waals surface area (Å²) < 4.78 is 17.2. The number of aliphatic hydroxyl groups is 2. The van der Waals surface area contributed by atoms with E-state index < -0.39 is 35.6 Å². The predicted octanol–water partition coefficient (Wildman–Crippen LogP) is 4.05. The number of hydrogen-bond donors (Lipinski definition) is 2. The number of carbonyl (C=O) groups is 2. The third-order valence-electron chi connectivity index (χ3n) is 8.43. The van der Waals surface area contributed by atoms with Crippen LogP contribution < -0.4 is 0 Å². The van der Waals surface area contributed by atoms with Crippen molar-refractivity contribution < 1.29 is 34.0 Å². The number of Topliss-reactive ketones (excluding diaryl/α,β-unsaturated/α-hetero) is 1. The molecule has 0 amide bonds. The minimum absolute atomic E-state index is 0.0670. The first kappa shape index (κ1) is 29.2. The lowest BCUT2D eigenvalue weighted by Crippen LogP contribution is -2.47. The van der Waals surface area contributed by atoms with E-state index in [4.69, 9.17) is 25.8 Å². The number of aromatic nitrogens is 1. The van der Waals surface area contributed by atoms with Crippen LogP contribution in [-0.4, -0.2) is 69.7 Å². The highest BCUT2D eigenvalue weighted by Crippen LogP contribution is 2.45. The van der Waals surface area contributed by atoms with Gasteiger partial charge in [0.05, 0.1) is 59.2 Å². The lowest BCUT2D eigenvalue weighted by molar-refractivity contribution is -0.154. The third-order valence-corrected chi connectivity index (χ3v) is 8.78. The highest BCUT2D eigenvalue weighted by Gasteiger charge is 2.53. The summed E-state index contributed by atoms with van der Waals surface area (Å²) in [5.74, 6) is -1.77. The van der Waals surface area contributed by atoms with Crippen molar-refractivity contribution in [1.29, 1.82) is 0 Å². The number of ketones is 1. The van der Waals surface area contributed by atoms with E-state index in [9.17, 15) is 19.8 Å². The minimum Gasteiger partial charge on any atom is -0.456 e. The number of aliphatic hydroxyl groups excluding tert-OH is 2. The summed E-state index contributed by atoms with van der Waals surface area (Å²) in [5.41, 5.74) is -1.03. The molecule has 4 rings (SSSR count). The predicted molar refractivity (Wildman–Crippen MR) is 142 cm³/mol. The molecule has 0 bridgehead atoms. The van der Waals surface area contributed by atoms with Gasteiger partial charge in [0.25, 0.3) is 0 Å². The van der Waals surface area contributed by atoms with Crippen LogP contribution in [0.4, 0.5) is 0 Å². The van der Waals surface area contributed by atoms with Gasteiger partial charge < -0.3 is 24.4 Å². The number of rotatable bonds is 4. The Kier molecular flexibility index (Phi) is 8.99. The molecule has 38 heavy (non-hydrogen) atoms. The SMILES string of the molecule is C[C@H]1CCCC2(C)OC2C[C@@H](C(Cl)=Cc2ccccn2)OC(=O)C[C@H](O)C(C)(C)C(=O)[C@H](CC2CO2)[C@@H]1O. The summed E-state index contributed by atoms with van der Waals surface area (Å²) in [4.78, 5) is 31.0. The first-order valence-corrected chi connectivity index (χ1v) is 14.0. The van der Waals surface area contributed by atoms with E-state index in [0.29, 0.717) is 30.2 Å². The van der Waals surface area contributed by atoms with Crippen molar-refractivity contribution in [3.8, 4) is 0 Å². The molecule has 3 saturated heterocycles. The summed E-state index contributed by atoms with van der Waals surface area (Å²) >= 11 is 6.64. The molecule has 210 valence electrons. The van der Waals surface area contributed by atoms with Crippen molar-refractivity contribution in [2.45, 2.75) is 102 Å².